The molecule has 0 saturated heterocycles. The van der Waals surface area contributed by atoms with Crippen LogP contribution < -0.4 is 4.57 Å². The van der Waals surface area contributed by atoms with Gasteiger partial charge in [0.15, 0.2) is 0 Å². The van der Waals surface area contributed by atoms with Crippen LogP contribution in [0.5, 0.6) is 0 Å². The van der Waals surface area contributed by atoms with Crippen molar-refractivity contribution in [1.82, 2.24) is 9.13 Å². The Hall–Kier alpha value is -2.55. The molecule has 0 atom stereocenters. The van der Waals surface area contributed by atoms with Crippen LogP contribution in [0.2, 0.25) is 0 Å². The van der Waals surface area contributed by atoms with Crippen LogP contribution in [0.25, 0.3) is 21.8 Å². The molecule has 0 saturated carbocycles. The average Bonchev–Trinajstić information content (AvgIpc) is 3.36. The SMILES string of the molecule is C[n+]1ccn(CCCCCCCCCCCCn2c3ccccc3c3ccccc32)c1. The third kappa shape index (κ3) is 5.78. The first kappa shape index (κ1) is 21.7. The molecule has 0 radical (unpaired) electrons. The summed E-state index contributed by atoms with van der Waals surface area (Å²) >= 11 is 0. The Labute approximate surface area is 187 Å². The molecular weight excluding hydrogens is 378 g/mol. The van der Waals surface area contributed by atoms with E-state index in [0.717, 1.165) is 13.1 Å². The van der Waals surface area contributed by atoms with Gasteiger partial charge in [-0.05, 0) is 31.4 Å². The van der Waals surface area contributed by atoms with E-state index < -0.39 is 0 Å². The molecule has 0 aliphatic heterocycles. The molecule has 0 bridgehead atoms. The van der Waals surface area contributed by atoms with E-state index in [-0.39, 0.29) is 0 Å². The molecule has 2 aromatic heterocycles. The molecule has 0 aliphatic carbocycles. The Balaban J connectivity index is 1.08. The summed E-state index contributed by atoms with van der Waals surface area (Å²) in [6, 6.07) is 17.7. The van der Waals surface area contributed by atoms with E-state index in [9.17, 15) is 0 Å². The number of aromatic nitrogens is 3. The minimum absolute atomic E-state index is 1.13. The molecule has 3 heteroatoms. The molecule has 0 spiro atoms. The summed E-state index contributed by atoms with van der Waals surface area (Å²) in [6.45, 7) is 2.29. The largest absolute Gasteiger partial charge is 0.340 e. The van der Waals surface area contributed by atoms with Gasteiger partial charge in [0.25, 0.3) is 0 Å². The number of nitrogens with zero attached hydrogens (tertiary/aromatic N) is 3. The van der Waals surface area contributed by atoms with Gasteiger partial charge in [-0.2, -0.15) is 0 Å². The standard InChI is InChI=1S/C28H38N3/c1-29-22-23-30(24-29)20-14-8-6-4-2-3-5-7-9-15-21-31-27-18-12-10-16-25(27)26-17-11-13-19-28(26)31/h10-13,16-19,22-24H,2-9,14-15,20-21H2,1H3/q+1. The molecule has 164 valence electrons. The molecule has 0 fully saturated rings. The molecule has 2 heterocycles. The van der Waals surface area contributed by atoms with Crippen LogP contribution in [0.15, 0.2) is 67.3 Å². The van der Waals surface area contributed by atoms with Gasteiger partial charge < -0.3 is 4.57 Å². The maximum atomic E-state index is 2.53. The Kier molecular flexibility index (Phi) is 7.81. The van der Waals surface area contributed by atoms with E-state index >= 15 is 0 Å². The zero-order valence-electron chi connectivity index (χ0n) is 19.2. The number of hydrogen-bond acceptors (Lipinski definition) is 0. The van der Waals surface area contributed by atoms with Crippen molar-refractivity contribution >= 4 is 21.8 Å². The van der Waals surface area contributed by atoms with Crippen molar-refractivity contribution in [3.05, 3.63) is 67.3 Å². The smallest absolute Gasteiger partial charge is 0.243 e. The lowest BCUT2D eigenvalue weighted by Gasteiger charge is -2.07. The monoisotopic (exact) mass is 416 g/mol. The lowest BCUT2D eigenvalue weighted by molar-refractivity contribution is -0.671. The van der Waals surface area contributed by atoms with E-state index in [1.54, 1.807) is 0 Å². The summed E-state index contributed by atoms with van der Waals surface area (Å²) in [5, 5.41) is 2.78. The van der Waals surface area contributed by atoms with Gasteiger partial charge in [0.2, 0.25) is 6.33 Å². The highest BCUT2D eigenvalue weighted by atomic mass is 15.1. The fraction of sp³-hybridized carbons (Fsp3) is 0.464. The van der Waals surface area contributed by atoms with Crippen LogP contribution in [0, 0.1) is 0 Å². The number of aryl methyl sites for hydroxylation is 3. The lowest BCUT2D eigenvalue weighted by atomic mass is 10.1. The van der Waals surface area contributed by atoms with E-state index in [1.807, 2.05) is 0 Å². The quantitative estimate of drug-likeness (QED) is 0.164. The number of unbranched alkanes of at least 4 members (excludes halogenated alkanes) is 9. The second-order valence-corrected chi connectivity index (χ2v) is 9.04. The summed E-state index contributed by atoms with van der Waals surface area (Å²) in [4.78, 5) is 0. The third-order valence-corrected chi connectivity index (χ3v) is 6.55. The Morgan fingerprint density at radius 2 is 1.10 bits per heavy atom. The van der Waals surface area contributed by atoms with Gasteiger partial charge in [0.1, 0.15) is 12.4 Å². The predicted molar refractivity (Wildman–Crippen MR) is 131 cm³/mol. The minimum Gasteiger partial charge on any atom is -0.340 e. The lowest BCUT2D eigenvalue weighted by Crippen LogP contribution is -2.23. The van der Waals surface area contributed by atoms with Crippen LogP contribution in [0.4, 0.5) is 0 Å². The Morgan fingerprint density at radius 3 is 1.61 bits per heavy atom. The fourth-order valence-electron chi connectivity index (χ4n) is 4.86. The van der Waals surface area contributed by atoms with Crippen LogP contribution in [0.1, 0.15) is 64.2 Å². The van der Waals surface area contributed by atoms with Crippen LogP contribution >= 0.6 is 0 Å². The second-order valence-electron chi connectivity index (χ2n) is 9.04. The summed E-state index contributed by atoms with van der Waals surface area (Å²) in [5.74, 6) is 0. The second kappa shape index (κ2) is 11.2. The minimum atomic E-state index is 1.13. The van der Waals surface area contributed by atoms with E-state index in [4.69, 9.17) is 0 Å². The predicted octanol–water partition coefficient (Wildman–Crippen LogP) is 7.02. The van der Waals surface area contributed by atoms with Gasteiger partial charge in [0, 0.05) is 28.4 Å². The normalized spacial score (nSPS) is 11.6. The number of hydrogen-bond donors (Lipinski definition) is 0. The maximum Gasteiger partial charge on any atom is 0.243 e. The highest BCUT2D eigenvalue weighted by molar-refractivity contribution is 6.07. The van der Waals surface area contributed by atoms with Gasteiger partial charge in [0.05, 0.1) is 13.6 Å². The van der Waals surface area contributed by atoms with Gasteiger partial charge in [-0.1, -0.05) is 81.3 Å². The van der Waals surface area contributed by atoms with Crippen LogP contribution in [-0.4, -0.2) is 9.13 Å². The number of benzene rings is 2. The molecule has 2 aromatic carbocycles. The first-order valence-electron chi connectivity index (χ1n) is 12.3. The van der Waals surface area contributed by atoms with E-state index in [1.165, 1.54) is 86.0 Å². The topological polar surface area (TPSA) is 13.7 Å². The first-order chi connectivity index (χ1) is 15.3. The fourth-order valence-corrected chi connectivity index (χ4v) is 4.86. The molecule has 0 amide bonds. The maximum absolute atomic E-state index is 2.53. The van der Waals surface area contributed by atoms with Crippen molar-refractivity contribution in [2.75, 3.05) is 0 Å². The first-order valence-corrected chi connectivity index (χ1v) is 12.3. The average molecular weight is 417 g/mol. The van der Waals surface area contributed by atoms with Crippen LogP contribution in [-0.2, 0) is 20.1 Å². The molecule has 4 rings (SSSR count). The zero-order valence-corrected chi connectivity index (χ0v) is 19.2. The third-order valence-electron chi connectivity index (χ3n) is 6.55. The molecular formula is C28H38N3+. The number of imidazole rings is 1. The van der Waals surface area contributed by atoms with Crippen molar-refractivity contribution in [3.63, 3.8) is 0 Å². The highest BCUT2D eigenvalue weighted by Crippen LogP contribution is 2.29. The molecule has 31 heavy (non-hydrogen) atoms. The highest BCUT2D eigenvalue weighted by Gasteiger charge is 2.08. The van der Waals surface area contributed by atoms with Gasteiger partial charge >= 0.3 is 0 Å². The van der Waals surface area contributed by atoms with Crippen molar-refractivity contribution in [1.29, 1.82) is 0 Å². The number of fused-ring (bicyclic) bond motifs is 3. The molecule has 0 unspecified atom stereocenters. The van der Waals surface area contributed by atoms with Crippen molar-refractivity contribution in [2.24, 2.45) is 7.05 Å². The number of para-hydroxylation sites is 2. The van der Waals surface area contributed by atoms with Gasteiger partial charge in [-0.25, -0.2) is 9.13 Å². The molecule has 4 aromatic rings. The van der Waals surface area contributed by atoms with Crippen molar-refractivity contribution in [3.8, 4) is 0 Å². The molecule has 0 aliphatic rings. The van der Waals surface area contributed by atoms with Gasteiger partial charge in [-0.15, -0.1) is 0 Å². The van der Waals surface area contributed by atoms with E-state index in [2.05, 4.69) is 88.0 Å². The van der Waals surface area contributed by atoms with E-state index in [0.29, 0.717) is 0 Å². The summed E-state index contributed by atoms with van der Waals surface area (Å²) in [5.41, 5.74) is 2.77. The Morgan fingerprint density at radius 1 is 0.613 bits per heavy atom. The van der Waals surface area contributed by atoms with Crippen LogP contribution in [0.3, 0.4) is 0 Å². The summed E-state index contributed by atoms with van der Waals surface area (Å²) < 4.78 is 6.93. The van der Waals surface area contributed by atoms with Crippen molar-refractivity contribution in [2.45, 2.75) is 77.3 Å². The molecule has 3 nitrogen and oxygen atoms in total. The zero-order chi connectivity index (χ0) is 21.3. The molecule has 0 N–H and O–H groups in total. The summed E-state index contributed by atoms with van der Waals surface area (Å²) in [7, 11) is 2.08. The Bertz CT molecular complexity index is 1020. The van der Waals surface area contributed by atoms with Gasteiger partial charge in [-0.3, -0.25) is 0 Å². The summed E-state index contributed by atoms with van der Waals surface area (Å²) in [6.07, 6.45) is 20.1. The van der Waals surface area contributed by atoms with Crippen molar-refractivity contribution < 1.29 is 4.57 Å². The number of rotatable bonds is 13.